The smallest absolute Gasteiger partial charge is 0.124 e. The number of hydrogen-bond acceptors (Lipinski definition) is 1. The topological polar surface area (TPSA) is 17.0 Å². The lowest BCUT2D eigenvalue weighted by atomic mass is 10.3. The Hall–Kier alpha value is -1.48. The molecule has 18 heavy (non-hydrogen) atoms. The van der Waals surface area contributed by atoms with Crippen LogP contribution in [-0.4, -0.2) is 4.57 Å². The molecule has 1 N–H and O–H groups in total. The lowest BCUT2D eigenvalue weighted by Gasteiger charge is -2.11. The van der Waals surface area contributed by atoms with Crippen molar-refractivity contribution in [3.63, 3.8) is 0 Å². The molecule has 0 spiro atoms. The van der Waals surface area contributed by atoms with E-state index in [0.29, 0.717) is 11.6 Å². The van der Waals surface area contributed by atoms with Crippen molar-refractivity contribution in [3.05, 3.63) is 53.1 Å². The second kappa shape index (κ2) is 5.91. The molecule has 1 aromatic heterocycles. The molecule has 0 aliphatic rings. The number of anilines is 1. The number of aryl methyl sites for hydroxylation is 1. The minimum atomic E-state index is -0.320. The van der Waals surface area contributed by atoms with Gasteiger partial charge in [0.2, 0.25) is 0 Å². The molecule has 0 fully saturated rings. The van der Waals surface area contributed by atoms with Gasteiger partial charge in [-0.15, -0.1) is 0 Å². The highest BCUT2D eigenvalue weighted by Crippen LogP contribution is 2.23. The summed E-state index contributed by atoms with van der Waals surface area (Å²) in [5, 5.41) is 3.63. The van der Waals surface area contributed by atoms with Crippen LogP contribution < -0.4 is 5.32 Å². The summed E-state index contributed by atoms with van der Waals surface area (Å²) in [6.45, 7) is 3.83. The third-order valence-electron chi connectivity index (χ3n) is 2.78. The second-order valence-electron chi connectivity index (χ2n) is 4.17. The molecule has 0 amide bonds. The van der Waals surface area contributed by atoms with Crippen LogP contribution in [0.3, 0.4) is 0 Å². The molecule has 0 saturated carbocycles. The molecule has 0 bridgehead atoms. The summed E-state index contributed by atoms with van der Waals surface area (Å²) in [7, 11) is 0. The summed E-state index contributed by atoms with van der Waals surface area (Å²) in [6.07, 6.45) is 3.16. The first kappa shape index (κ1) is 13.0. The largest absolute Gasteiger partial charge is 0.378 e. The summed E-state index contributed by atoms with van der Waals surface area (Å²) in [5.74, 6) is -0.320. The van der Waals surface area contributed by atoms with Crippen LogP contribution in [0.5, 0.6) is 0 Å². The predicted molar refractivity (Wildman–Crippen MR) is 73.5 cm³/mol. The van der Waals surface area contributed by atoms with Crippen molar-refractivity contribution >= 4 is 17.3 Å². The van der Waals surface area contributed by atoms with Gasteiger partial charge in [-0.3, -0.25) is 0 Å². The van der Waals surface area contributed by atoms with Gasteiger partial charge in [-0.2, -0.15) is 0 Å². The molecule has 0 aliphatic heterocycles. The monoisotopic (exact) mass is 266 g/mol. The molecule has 4 heteroatoms. The van der Waals surface area contributed by atoms with Crippen LogP contribution >= 0.6 is 11.6 Å². The zero-order chi connectivity index (χ0) is 13.0. The van der Waals surface area contributed by atoms with E-state index in [0.717, 1.165) is 18.7 Å². The van der Waals surface area contributed by atoms with E-state index in [2.05, 4.69) is 29.1 Å². The molecule has 0 aliphatic carbocycles. The van der Waals surface area contributed by atoms with Crippen molar-refractivity contribution in [3.8, 4) is 0 Å². The highest BCUT2D eigenvalue weighted by Gasteiger charge is 2.03. The quantitative estimate of drug-likeness (QED) is 0.854. The first-order valence-corrected chi connectivity index (χ1v) is 6.41. The van der Waals surface area contributed by atoms with Gasteiger partial charge in [-0.25, -0.2) is 4.39 Å². The predicted octanol–water partition coefficient (Wildman–Crippen LogP) is 4.30. The Bertz CT molecular complexity index is 522. The summed E-state index contributed by atoms with van der Waals surface area (Å²) in [6, 6.07) is 8.47. The molecular weight excluding hydrogens is 251 g/mol. The standard InChI is InChI=1S/C14H16ClFN2/c1-2-7-18-8-3-4-12(18)10-17-14-6-5-11(16)9-13(14)15/h3-6,8-9,17H,2,7,10H2,1H3. The van der Waals surface area contributed by atoms with Crippen molar-refractivity contribution < 1.29 is 4.39 Å². The van der Waals surface area contributed by atoms with Gasteiger partial charge in [0.1, 0.15) is 5.82 Å². The average Bonchev–Trinajstić information content (AvgIpc) is 2.76. The fraction of sp³-hybridized carbons (Fsp3) is 0.286. The average molecular weight is 267 g/mol. The van der Waals surface area contributed by atoms with E-state index in [-0.39, 0.29) is 5.82 Å². The molecule has 0 atom stereocenters. The summed E-state index contributed by atoms with van der Waals surface area (Å²) < 4.78 is 15.1. The lowest BCUT2D eigenvalue weighted by Crippen LogP contribution is -2.07. The van der Waals surface area contributed by atoms with Crippen molar-refractivity contribution in [1.29, 1.82) is 0 Å². The van der Waals surface area contributed by atoms with Gasteiger partial charge >= 0.3 is 0 Å². The Morgan fingerprint density at radius 2 is 2.17 bits per heavy atom. The maximum Gasteiger partial charge on any atom is 0.124 e. The maximum atomic E-state index is 12.9. The Balaban J connectivity index is 2.04. The van der Waals surface area contributed by atoms with Crippen LogP contribution in [-0.2, 0) is 13.1 Å². The Kier molecular flexibility index (Phi) is 4.26. The SMILES string of the molecule is CCCn1cccc1CNc1ccc(F)cc1Cl. The van der Waals surface area contributed by atoms with Gasteiger partial charge in [-0.05, 0) is 36.8 Å². The number of rotatable bonds is 5. The molecule has 1 aromatic carbocycles. The minimum absolute atomic E-state index is 0.320. The Morgan fingerprint density at radius 1 is 1.33 bits per heavy atom. The van der Waals surface area contributed by atoms with Gasteiger partial charge in [0.15, 0.2) is 0 Å². The van der Waals surface area contributed by atoms with Crippen molar-refractivity contribution in [2.24, 2.45) is 0 Å². The summed E-state index contributed by atoms with van der Waals surface area (Å²) in [5.41, 5.74) is 1.94. The molecule has 2 rings (SSSR count). The molecule has 0 unspecified atom stereocenters. The van der Waals surface area contributed by atoms with Crippen LogP contribution in [0.2, 0.25) is 5.02 Å². The zero-order valence-electron chi connectivity index (χ0n) is 10.3. The first-order chi connectivity index (χ1) is 8.70. The van der Waals surface area contributed by atoms with E-state index in [9.17, 15) is 4.39 Å². The number of benzene rings is 1. The van der Waals surface area contributed by atoms with Crippen LogP contribution in [0.1, 0.15) is 19.0 Å². The highest BCUT2D eigenvalue weighted by atomic mass is 35.5. The van der Waals surface area contributed by atoms with E-state index in [1.807, 2.05) is 6.07 Å². The second-order valence-corrected chi connectivity index (χ2v) is 4.58. The Labute approximate surface area is 111 Å². The third-order valence-corrected chi connectivity index (χ3v) is 3.09. The number of nitrogens with one attached hydrogen (secondary N) is 1. The number of hydrogen-bond donors (Lipinski definition) is 1. The molecule has 0 radical (unpaired) electrons. The normalized spacial score (nSPS) is 10.6. The lowest BCUT2D eigenvalue weighted by molar-refractivity contribution is 0.628. The van der Waals surface area contributed by atoms with E-state index in [1.54, 1.807) is 6.07 Å². The van der Waals surface area contributed by atoms with Crippen LogP contribution in [0.15, 0.2) is 36.5 Å². The van der Waals surface area contributed by atoms with Gasteiger partial charge in [0.05, 0.1) is 17.3 Å². The van der Waals surface area contributed by atoms with Gasteiger partial charge < -0.3 is 9.88 Å². The van der Waals surface area contributed by atoms with Crippen LogP contribution in [0.25, 0.3) is 0 Å². The molecule has 1 heterocycles. The van der Waals surface area contributed by atoms with Gasteiger partial charge in [0, 0.05) is 18.4 Å². The maximum absolute atomic E-state index is 12.9. The van der Waals surface area contributed by atoms with E-state index in [4.69, 9.17) is 11.6 Å². The summed E-state index contributed by atoms with van der Waals surface area (Å²) >= 11 is 5.96. The Morgan fingerprint density at radius 3 is 2.89 bits per heavy atom. The van der Waals surface area contributed by atoms with Gasteiger partial charge in [0.25, 0.3) is 0 Å². The fourth-order valence-electron chi connectivity index (χ4n) is 1.89. The number of aromatic nitrogens is 1. The van der Waals surface area contributed by atoms with Crippen LogP contribution in [0, 0.1) is 5.82 Å². The van der Waals surface area contributed by atoms with Crippen molar-refractivity contribution in [2.45, 2.75) is 26.4 Å². The van der Waals surface area contributed by atoms with E-state index >= 15 is 0 Å². The summed E-state index contributed by atoms with van der Waals surface area (Å²) in [4.78, 5) is 0. The van der Waals surface area contributed by atoms with Crippen molar-refractivity contribution in [2.75, 3.05) is 5.32 Å². The minimum Gasteiger partial charge on any atom is -0.378 e. The van der Waals surface area contributed by atoms with E-state index < -0.39 is 0 Å². The zero-order valence-corrected chi connectivity index (χ0v) is 11.0. The molecular formula is C14H16ClFN2. The first-order valence-electron chi connectivity index (χ1n) is 6.03. The number of nitrogens with zero attached hydrogens (tertiary/aromatic N) is 1. The van der Waals surface area contributed by atoms with E-state index in [1.165, 1.54) is 17.8 Å². The molecule has 2 nitrogen and oxygen atoms in total. The third kappa shape index (κ3) is 3.05. The molecule has 2 aromatic rings. The fourth-order valence-corrected chi connectivity index (χ4v) is 2.12. The van der Waals surface area contributed by atoms with Crippen LogP contribution in [0.4, 0.5) is 10.1 Å². The highest BCUT2D eigenvalue weighted by molar-refractivity contribution is 6.33. The molecule has 0 saturated heterocycles. The van der Waals surface area contributed by atoms with Gasteiger partial charge in [-0.1, -0.05) is 18.5 Å². The number of halogens is 2. The van der Waals surface area contributed by atoms with Crippen molar-refractivity contribution in [1.82, 2.24) is 4.57 Å². The molecule has 96 valence electrons.